The smallest absolute Gasteiger partial charge is 0.292 e. The van der Waals surface area contributed by atoms with Crippen molar-refractivity contribution in [2.75, 3.05) is 25.5 Å². The third kappa shape index (κ3) is 4.00. The fourth-order valence-electron chi connectivity index (χ4n) is 3.32. The summed E-state index contributed by atoms with van der Waals surface area (Å²) in [4.78, 5) is 19.2. The van der Waals surface area contributed by atoms with E-state index in [4.69, 9.17) is 4.52 Å². The Morgan fingerprint density at radius 2 is 2.20 bits per heavy atom. The molecule has 25 heavy (non-hydrogen) atoms. The highest BCUT2D eigenvalue weighted by molar-refractivity contribution is 5.91. The lowest BCUT2D eigenvalue weighted by Gasteiger charge is -2.15. The van der Waals surface area contributed by atoms with Crippen molar-refractivity contribution in [1.29, 1.82) is 0 Å². The summed E-state index contributed by atoms with van der Waals surface area (Å²) in [5, 5.41) is 7.18. The van der Waals surface area contributed by atoms with E-state index in [1.54, 1.807) is 6.07 Å². The third-order valence-electron chi connectivity index (χ3n) is 4.54. The first-order valence-corrected chi connectivity index (χ1v) is 8.87. The van der Waals surface area contributed by atoms with Crippen LogP contribution in [0.1, 0.15) is 53.8 Å². The van der Waals surface area contributed by atoms with Gasteiger partial charge in [-0.15, -0.1) is 0 Å². The lowest BCUT2D eigenvalue weighted by molar-refractivity contribution is 0.0749. The third-order valence-corrected chi connectivity index (χ3v) is 4.54. The van der Waals surface area contributed by atoms with Crippen LogP contribution in [-0.2, 0) is 6.42 Å². The van der Waals surface area contributed by atoms with E-state index in [1.165, 1.54) is 0 Å². The number of aromatic nitrogens is 2. The molecule has 1 aliphatic heterocycles. The van der Waals surface area contributed by atoms with Crippen LogP contribution in [0.5, 0.6) is 0 Å². The number of hydrogen-bond donors (Lipinski definition) is 1. The summed E-state index contributed by atoms with van der Waals surface area (Å²) in [5.74, 6) is 1.00. The molecule has 6 nitrogen and oxygen atoms in total. The fraction of sp³-hybridized carbons (Fsp3) is 0.526. The average molecular weight is 342 g/mol. The quantitative estimate of drug-likeness (QED) is 0.903. The van der Waals surface area contributed by atoms with Crippen LogP contribution < -0.4 is 5.32 Å². The highest BCUT2D eigenvalue weighted by Crippen LogP contribution is 2.29. The lowest BCUT2D eigenvalue weighted by Crippen LogP contribution is -2.28. The number of nitrogens with zero attached hydrogens (tertiary/aromatic N) is 3. The summed E-state index contributed by atoms with van der Waals surface area (Å²) in [5.41, 5.74) is 3.92. The van der Waals surface area contributed by atoms with Crippen molar-refractivity contribution in [2.24, 2.45) is 5.92 Å². The van der Waals surface area contributed by atoms with Crippen LogP contribution in [-0.4, -0.2) is 41.1 Å². The molecule has 0 aliphatic carbocycles. The van der Waals surface area contributed by atoms with Crippen molar-refractivity contribution in [3.8, 4) is 0 Å². The van der Waals surface area contributed by atoms with Crippen LogP contribution in [0, 0.1) is 12.8 Å². The van der Waals surface area contributed by atoms with E-state index < -0.39 is 0 Å². The van der Waals surface area contributed by atoms with Gasteiger partial charge in [-0.05, 0) is 37.8 Å². The van der Waals surface area contributed by atoms with Gasteiger partial charge in [0.2, 0.25) is 5.76 Å². The number of nitrogens with one attached hydrogen (secondary N) is 1. The molecule has 0 bridgehead atoms. The second kappa shape index (κ2) is 7.25. The Morgan fingerprint density at radius 3 is 2.92 bits per heavy atom. The Balaban J connectivity index is 1.69. The zero-order chi connectivity index (χ0) is 18.0. The monoisotopic (exact) mass is 342 g/mol. The van der Waals surface area contributed by atoms with E-state index in [9.17, 15) is 4.79 Å². The summed E-state index contributed by atoms with van der Waals surface area (Å²) < 4.78 is 5.27. The molecule has 3 rings (SSSR count). The Bertz CT molecular complexity index is 754. The highest BCUT2D eigenvalue weighted by atomic mass is 16.5. The first kappa shape index (κ1) is 17.5. The topological polar surface area (TPSA) is 71.3 Å². The second-order valence-electron chi connectivity index (χ2n) is 7.19. The van der Waals surface area contributed by atoms with Crippen molar-refractivity contribution in [1.82, 2.24) is 15.0 Å². The predicted molar refractivity (Wildman–Crippen MR) is 96.8 cm³/mol. The molecule has 2 aromatic heterocycles. The molecule has 3 heterocycles. The molecule has 1 fully saturated rings. The molecule has 1 atom stereocenters. The van der Waals surface area contributed by atoms with Gasteiger partial charge in [-0.3, -0.25) is 9.78 Å². The van der Waals surface area contributed by atoms with Gasteiger partial charge in [0.15, 0.2) is 0 Å². The average Bonchev–Trinajstić information content (AvgIpc) is 3.22. The van der Waals surface area contributed by atoms with Crippen LogP contribution in [0.2, 0.25) is 0 Å². The molecule has 2 aromatic rings. The molecule has 0 saturated carbocycles. The summed E-state index contributed by atoms with van der Waals surface area (Å²) in [6, 6.07) is 5.87. The van der Waals surface area contributed by atoms with Gasteiger partial charge in [-0.25, -0.2) is 0 Å². The second-order valence-corrected chi connectivity index (χ2v) is 7.19. The number of hydrogen-bond acceptors (Lipinski definition) is 5. The molecule has 1 saturated heterocycles. The lowest BCUT2D eigenvalue weighted by atomic mass is 10.0. The summed E-state index contributed by atoms with van der Waals surface area (Å²) in [7, 11) is 1.90. The summed E-state index contributed by atoms with van der Waals surface area (Å²) >= 11 is 0. The normalized spacial score (nSPS) is 17.3. The van der Waals surface area contributed by atoms with Crippen LogP contribution in [0.15, 0.2) is 22.7 Å². The maximum atomic E-state index is 12.7. The van der Waals surface area contributed by atoms with Crippen LogP contribution in [0.3, 0.4) is 0 Å². The maximum absolute atomic E-state index is 12.7. The molecule has 134 valence electrons. The number of aryl methyl sites for hydroxylation is 1. The van der Waals surface area contributed by atoms with Gasteiger partial charge in [0, 0.05) is 49.2 Å². The van der Waals surface area contributed by atoms with Crippen molar-refractivity contribution in [3.63, 3.8) is 0 Å². The van der Waals surface area contributed by atoms with Gasteiger partial charge in [0.1, 0.15) is 0 Å². The Labute approximate surface area is 148 Å². The number of carbonyl (C=O) groups excluding carboxylic acids is 1. The van der Waals surface area contributed by atoms with Crippen LogP contribution in [0.25, 0.3) is 0 Å². The number of carbonyl (C=O) groups is 1. The number of amides is 1. The van der Waals surface area contributed by atoms with Gasteiger partial charge in [-0.2, -0.15) is 0 Å². The zero-order valence-corrected chi connectivity index (χ0v) is 15.4. The number of pyridine rings is 1. The van der Waals surface area contributed by atoms with Crippen LogP contribution >= 0.6 is 0 Å². The van der Waals surface area contributed by atoms with E-state index in [2.05, 4.69) is 35.4 Å². The Hall–Kier alpha value is -2.37. The predicted octanol–water partition coefficient (Wildman–Crippen LogP) is 3.25. The van der Waals surface area contributed by atoms with Gasteiger partial charge >= 0.3 is 0 Å². The molecular formula is C19H26N4O2. The molecule has 1 unspecified atom stereocenters. The first-order chi connectivity index (χ1) is 12.0. The van der Waals surface area contributed by atoms with Gasteiger partial charge in [-0.1, -0.05) is 19.0 Å². The highest BCUT2D eigenvalue weighted by Gasteiger charge is 2.31. The van der Waals surface area contributed by atoms with Crippen molar-refractivity contribution >= 4 is 11.6 Å². The van der Waals surface area contributed by atoms with Crippen molar-refractivity contribution in [2.45, 2.75) is 39.5 Å². The molecule has 1 aliphatic rings. The van der Waals surface area contributed by atoms with Crippen molar-refractivity contribution in [3.05, 3.63) is 41.0 Å². The fourth-order valence-corrected chi connectivity index (χ4v) is 3.32. The van der Waals surface area contributed by atoms with E-state index in [1.807, 2.05) is 24.9 Å². The Morgan fingerprint density at radius 1 is 1.40 bits per heavy atom. The molecule has 1 amide bonds. The minimum absolute atomic E-state index is 0.0773. The molecular weight excluding hydrogens is 316 g/mol. The molecule has 0 radical (unpaired) electrons. The van der Waals surface area contributed by atoms with E-state index >= 15 is 0 Å². The van der Waals surface area contributed by atoms with Crippen LogP contribution in [0.4, 0.5) is 5.69 Å². The standard InChI is InChI=1S/C19H26N4O2/c1-12(2)7-16-10-18(25-22-16)19(24)23-6-5-14(11-23)17-9-15(20-4)8-13(3)21-17/h8-10,12,14H,5-7,11H2,1-4H3,(H,20,21). The van der Waals surface area contributed by atoms with Gasteiger partial charge < -0.3 is 14.7 Å². The van der Waals surface area contributed by atoms with E-state index in [0.717, 1.165) is 35.6 Å². The number of anilines is 1. The SMILES string of the molecule is CNc1cc(C)nc(C2CCN(C(=O)c3cc(CC(C)C)no3)C2)c1. The number of rotatable bonds is 5. The largest absolute Gasteiger partial charge is 0.388 e. The minimum atomic E-state index is -0.0773. The van der Waals surface area contributed by atoms with Crippen molar-refractivity contribution < 1.29 is 9.32 Å². The van der Waals surface area contributed by atoms with Gasteiger partial charge in [0.05, 0.1) is 5.69 Å². The van der Waals surface area contributed by atoms with Gasteiger partial charge in [0.25, 0.3) is 5.91 Å². The molecule has 1 N–H and O–H groups in total. The Kier molecular flexibility index (Phi) is 5.06. The maximum Gasteiger partial charge on any atom is 0.292 e. The number of likely N-dealkylation sites (tertiary alicyclic amines) is 1. The van der Waals surface area contributed by atoms with E-state index in [0.29, 0.717) is 24.8 Å². The molecule has 6 heteroatoms. The summed E-state index contributed by atoms with van der Waals surface area (Å²) in [6.45, 7) is 7.62. The molecule has 0 aromatic carbocycles. The summed E-state index contributed by atoms with van der Waals surface area (Å²) in [6.07, 6.45) is 1.73. The van der Waals surface area contributed by atoms with E-state index in [-0.39, 0.29) is 11.8 Å². The zero-order valence-electron chi connectivity index (χ0n) is 15.4. The minimum Gasteiger partial charge on any atom is -0.388 e. The molecule has 0 spiro atoms. The first-order valence-electron chi connectivity index (χ1n) is 8.87.